The lowest BCUT2D eigenvalue weighted by atomic mass is 9.83. The molecule has 35 heavy (non-hydrogen) atoms. The number of rotatable bonds is 5. The lowest BCUT2D eigenvalue weighted by Gasteiger charge is -2.39. The van der Waals surface area contributed by atoms with Crippen molar-refractivity contribution in [2.24, 2.45) is 0 Å². The van der Waals surface area contributed by atoms with Crippen molar-refractivity contribution in [1.82, 2.24) is 9.80 Å². The van der Waals surface area contributed by atoms with Crippen molar-refractivity contribution in [2.45, 2.75) is 57.0 Å². The smallest absolute Gasteiger partial charge is 0.413 e. The molecular weight excluding hydrogens is 459 g/mol. The number of carbonyl (C=O) groups excluding carboxylic acids is 2. The van der Waals surface area contributed by atoms with Gasteiger partial charge in [0, 0.05) is 31.1 Å². The predicted molar refractivity (Wildman–Crippen MR) is 126 cm³/mol. The summed E-state index contributed by atoms with van der Waals surface area (Å²) in [6, 6.07) is 12.2. The largest absolute Gasteiger partial charge is 0.442 e. The summed E-state index contributed by atoms with van der Waals surface area (Å²) in [5.41, 5.74) is 3.05. The third-order valence-corrected chi connectivity index (χ3v) is 7.12. The van der Waals surface area contributed by atoms with Gasteiger partial charge in [0.25, 0.3) is 0 Å². The number of fused-ring (bicyclic) bond motifs is 1. The number of likely N-dealkylation sites (tertiary alicyclic amines) is 1. The molecule has 0 radical (unpaired) electrons. The van der Waals surface area contributed by atoms with Crippen molar-refractivity contribution in [2.75, 3.05) is 25.5 Å². The minimum atomic E-state index is -4.69. The van der Waals surface area contributed by atoms with E-state index in [0.717, 1.165) is 13.5 Å². The van der Waals surface area contributed by atoms with Crippen LogP contribution in [0.1, 0.15) is 43.5 Å². The van der Waals surface area contributed by atoms with Crippen LogP contribution in [0.25, 0.3) is 0 Å². The van der Waals surface area contributed by atoms with Crippen LogP contribution in [0.4, 0.5) is 23.7 Å². The van der Waals surface area contributed by atoms with Crippen LogP contribution in [0.15, 0.2) is 48.5 Å². The molecule has 2 amide bonds. The van der Waals surface area contributed by atoms with Crippen molar-refractivity contribution in [3.05, 3.63) is 65.2 Å². The van der Waals surface area contributed by atoms with E-state index in [1.54, 1.807) is 12.1 Å². The van der Waals surface area contributed by atoms with E-state index < -0.39 is 24.4 Å². The molecule has 0 saturated carbocycles. The molecule has 0 bridgehead atoms. The molecule has 0 spiro atoms. The van der Waals surface area contributed by atoms with Crippen molar-refractivity contribution in [3.63, 3.8) is 0 Å². The summed E-state index contributed by atoms with van der Waals surface area (Å²) in [6.45, 7) is 6.07. The number of halogens is 3. The van der Waals surface area contributed by atoms with Crippen LogP contribution in [-0.4, -0.2) is 60.3 Å². The molecule has 1 saturated heterocycles. The number of amides is 2. The number of nitrogens with zero attached hydrogens (tertiary/aromatic N) is 2. The summed E-state index contributed by atoms with van der Waals surface area (Å²) in [5, 5.41) is 3.47. The van der Waals surface area contributed by atoms with Crippen LogP contribution in [0.5, 0.6) is 0 Å². The lowest BCUT2D eigenvalue weighted by molar-refractivity contribution is -0.180. The Balaban J connectivity index is 1.45. The first-order valence-corrected chi connectivity index (χ1v) is 11.6. The SMILES string of the molecule is CC(=O)N1CC(OC(=O)N(C)C(c2ccc(NC3Cc4ccccc4C3(C)C)cc2)C(F)(F)F)C1. The molecule has 1 fully saturated rings. The van der Waals surface area contributed by atoms with Gasteiger partial charge in [0.05, 0.1) is 13.1 Å². The number of ether oxygens (including phenoxy) is 1. The fraction of sp³-hybridized carbons (Fsp3) is 0.462. The maximum Gasteiger partial charge on any atom is 0.413 e. The second-order valence-electron chi connectivity index (χ2n) is 9.89. The highest BCUT2D eigenvalue weighted by Gasteiger charge is 2.47. The Morgan fingerprint density at radius 3 is 2.31 bits per heavy atom. The summed E-state index contributed by atoms with van der Waals surface area (Å²) >= 11 is 0. The monoisotopic (exact) mass is 489 g/mol. The van der Waals surface area contributed by atoms with Gasteiger partial charge in [-0.25, -0.2) is 4.79 Å². The molecule has 2 aromatic carbocycles. The van der Waals surface area contributed by atoms with E-state index >= 15 is 0 Å². The molecule has 1 N–H and O–H groups in total. The maximum absolute atomic E-state index is 14.0. The minimum absolute atomic E-state index is 0.0598. The molecule has 2 unspecified atom stereocenters. The van der Waals surface area contributed by atoms with Crippen molar-refractivity contribution in [3.8, 4) is 0 Å². The Morgan fingerprint density at radius 1 is 1.11 bits per heavy atom. The topological polar surface area (TPSA) is 61.9 Å². The van der Waals surface area contributed by atoms with Gasteiger partial charge in [0.15, 0.2) is 6.04 Å². The van der Waals surface area contributed by atoms with Gasteiger partial charge in [-0.2, -0.15) is 13.2 Å². The normalized spacial score (nSPS) is 20.0. The Kier molecular flexibility index (Phi) is 6.46. The minimum Gasteiger partial charge on any atom is -0.442 e. The predicted octanol–water partition coefficient (Wildman–Crippen LogP) is 4.90. The Morgan fingerprint density at radius 2 is 1.74 bits per heavy atom. The summed E-state index contributed by atoms with van der Waals surface area (Å²) in [6.07, 6.45) is -5.54. The Hall–Kier alpha value is -3.23. The second kappa shape index (κ2) is 9.09. The van der Waals surface area contributed by atoms with Crippen molar-refractivity contribution < 1.29 is 27.5 Å². The zero-order valence-electron chi connectivity index (χ0n) is 20.2. The lowest BCUT2D eigenvalue weighted by Crippen LogP contribution is -2.56. The third kappa shape index (κ3) is 4.94. The number of hydrogen-bond acceptors (Lipinski definition) is 4. The molecular formula is C26H30F3N3O3. The van der Waals surface area contributed by atoms with Gasteiger partial charge in [-0.3, -0.25) is 9.69 Å². The third-order valence-electron chi connectivity index (χ3n) is 7.12. The van der Waals surface area contributed by atoms with Crippen LogP contribution in [-0.2, 0) is 21.4 Å². The first kappa shape index (κ1) is 24.9. The maximum atomic E-state index is 14.0. The quantitative estimate of drug-likeness (QED) is 0.649. The van der Waals surface area contributed by atoms with Gasteiger partial charge < -0.3 is 15.0 Å². The number of carbonyl (C=O) groups is 2. The van der Waals surface area contributed by atoms with E-state index in [9.17, 15) is 22.8 Å². The van der Waals surface area contributed by atoms with E-state index in [4.69, 9.17) is 4.74 Å². The van der Waals surface area contributed by atoms with Gasteiger partial charge in [-0.1, -0.05) is 50.2 Å². The average molecular weight is 490 g/mol. The Bertz CT molecular complexity index is 1100. The first-order chi connectivity index (χ1) is 16.4. The summed E-state index contributed by atoms with van der Waals surface area (Å²) in [7, 11) is 1.08. The van der Waals surface area contributed by atoms with Crippen LogP contribution in [0.2, 0.25) is 0 Å². The fourth-order valence-electron chi connectivity index (χ4n) is 4.92. The van der Waals surface area contributed by atoms with Crippen LogP contribution >= 0.6 is 0 Å². The van der Waals surface area contributed by atoms with Gasteiger partial charge in [0.2, 0.25) is 5.91 Å². The van der Waals surface area contributed by atoms with E-state index in [1.165, 1.54) is 35.1 Å². The molecule has 2 aliphatic rings. The van der Waals surface area contributed by atoms with Gasteiger partial charge >= 0.3 is 12.3 Å². The fourth-order valence-corrected chi connectivity index (χ4v) is 4.92. The standard InChI is InChI=1S/C26H30F3N3O3/c1-16(33)32-14-20(15-32)35-24(34)31(4)23(26(27,28)29)17-9-11-19(12-10-17)30-22-13-18-7-5-6-8-21(18)25(22,2)3/h5-12,20,22-23,30H,13-15H2,1-4H3. The number of alkyl halides is 3. The summed E-state index contributed by atoms with van der Waals surface area (Å²) in [5.74, 6) is -0.169. The van der Waals surface area contributed by atoms with Crippen LogP contribution in [0.3, 0.4) is 0 Å². The van der Waals surface area contributed by atoms with Crippen molar-refractivity contribution in [1.29, 1.82) is 0 Å². The van der Waals surface area contributed by atoms with E-state index in [2.05, 4.69) is 31.3 Å². The number of hydrogen-bond donors (Lipinski definition) is 1. The van der Waals surface area contributed by atoms with Crippen LogP contribution in [0, 0.1) is 0 Å². The van der Waals surface area contributed by atoms with Gasteiger partial charge in [-0.05, 0) is 35.2 Å². The van der Waals surface area contributed by atoms with E-state index in [-0.39, 0.29) is 36.0 Å². The molecule has 2 aromatic rings. The van der Waals surface area contributed by atoms with Crippen molar-refractivity contribution >= 4 is 17.7 Å². The number of anilines is 1. The summed E-state index contributed by atoms with van der Waals surface area (Å²) < 4.78 is 47.1. The molecule has 1 aliphatic carbocycles. The molecule has 0 aromatic heterocycles. The zero-order chi connectivity index (χ0) is 25.5. The number of nitrogens with one attached hydrogen (secondary N) is 1. The van der Waals surface area contributed by atoms with Gasteiger partial charge in [-0.15, -0.1) is 0 Å². The molecule has 1 aliphatic heterocycles. The average Bonchev–Trinajstić information content (AvgIpc) is 3.00. The molecule has 1 heterocycles. The molecule has 9 heteroatoms. The number of benzene rings is 2. The summed E-state index contributed by atoms with van der Waals surface area (Å²) in [4.78, 5) is 25.7. The molecule has 188 valence electrons. The van der Waals surface area contributed by atoms with E-state index in [0.29, 0.717) is 10.6 Å². The Labute approximate surface area is 203 Å². The molecule has 2 atom stereocenters. The first-order valence-electron chi connectivity index (χ1n) is 11.6. The van der Waals surface area contributed by atoms with Crippen LogP contribution < -0.4 is 5.32 Å². The second-order valence-corrected chi connectivity index (χ2v) is 9.89. The molecule has 4 rings (SSSR count). The highest BCUT2D eigenvalue weighted by Crippen LogP contribution is 2.41. The highest BCUT2D eigenvalue weighted by atomic mass is 19.4. The highest BCUT2D eigenvalue weighted by molar-refractivity contribution is 5.74. The zero-order valence-corrected chi connectivity index (χ0v) is 20.2. The van der Waals surface area contributed by atoms with Gasteiger partial charge in [0.1, 0.15) is 6.10 Å². The molecule has 6 nitrogen and oxygen atoms in total. The van der Waals surface area contributed by atoms with E-state index in [1.807, 2.05) is 12.1 Å².